The summed E-state index contributed by atoms with van der Waals surface area (Å²) in [6, 6.07) is 0. The molecule has 0 aliphatic rings. The quantitative estimate of drug-likeness (QED) is 0.703. The van der Waals surface area contributed by atoms with Gasteiger partial charge in [-0.25, -0.2) is 13.1 Å². The molecule has 0 aliphatic carbocycles. The molecule has 6 nitrogen and oxygen atoms in total. The zero-order valence-electron chi connectivity index (χ0n) is 8.10. The Hall–Kier alpha value is -1.37. The maximum Gasteiger partial charge on any atom is 0.291 e. The van der Waals surface area contributed by atoms with Crippen molar-refractivity contribution in [3.63, 3.8) is 0 Å². The van der Waals surface area contributed by atoms with E-state index in [2.05, 4.69) is 10.4 Å². The van der Waals surface area contributed by atoms with E-state index in [1.807, 2.05) is 0 Å². The summed E-state index contributed by atoms with van der Waals surface area (Å²) in [5.41, 5.74) is -0.416. The number of aromatic nitrogens is 2. The topological polar surface area (TPSA) is 81.1 Å². The normalized spacial score (nSPS) is 11.4. The molecule has 0 fully saturated rings. The number of sulfone groups is 1. The second kappa shape index (κ2) is 3.41. The first-order chi connectivity index (χ1) is 6.38. The average Bonchev–Trinajstić information content (AvgIpc) is 2.07. The summed E-state index contributed by atoms with van der Waals surface area (Å²) in [7, 11) is -0.478. The third kappa shape index (κ3) is 1.77. The molecular formula is C7H11N3O3S. The Morgan fingerprint density at radius 2 is 2.07 bits per heavy atom. The van der Waals surface area contributed by atoms with E-state index in [1.165, 1.54) is 14.1 Å². The first-order valence-corrected chi connectivity index (χ1v) is 5.71. The predicted octanol–water partition coefficient (Wildman–Crippen LogP) is -0.774. The van der Waals surface area contributed by atoms with Gasteiger partial charge in [-0.15, -0.1) is 0 Å². The summed E-state index contributed by atoms with van der Waals surface area (Å²) in [5, 5.41) is 6.20. The Bertz CT molecular complexity index is 503. The Morgan fingerprint density at radius 1 is 1.50 bits per heavy atom. The van der Waals surface area contributed by atoms with Gasteiger partial charge in [0.1, 0.15) is 10.6 Å². The summed E-state index contributed by atoms with van der Waals surface area (Å²) in [5.74, 6) is 0. The molecule has 0 atom stereocenters. The van der Waals surface area contributed by atoms with E-state index in [4.69, 9.17) is 0 Å². The van der Waals surface area contributed by atoms with Gasteiger partial charge < -0.3 is 5.32 Å². The van der Waals surface area contributed by atoms with E-state index >= 15 is 0 Å². The Balaban J connectivity index is 3.64. The summed E-state index contributed by atoms with van der Waals surface area (Å²) in [4.78, 5) is 11.4. The first-order valence-electron chi connectivity index (χ1n) is 3.82. The summed E-state index contributed by atoms with van der Waals surface area (Å²) in [6.45, 7) is 0. The standard InChI is InChI=1S/C7H11N3O3S/c1-8-6-5(14(3,12)13)4-9-10(2)7(6)11/h4,8H,1-3H3. The van der Waals surface area contributed by atoms with Crippen molar-refractivity contribution < 1.29 is 8.42 Å². The van der Waals surface area contributed by atoms with Crippen molar-refractivity contribution in [3.8, 4) is 0 Å². The number of rotatable bonds is 2. The molecule has 0 bridgehead atoms. The van der Waals surface area contributed by atoms with Crippen molar-refractivity contribution in [1.82, 2.24) is 9.78 Å². The number of anilines is 1. The van der Waals surface area contributed by atoms with Gasteiger partial charge in [0.15, 0.2) is 9.84 Å². The highest BCUT2D eigenvalue weighted by Gasteiger charge is 2.16. The van der Waals surface area contributed by atoms with Gasteiger partial charge in [0.05, 0.1) is 6.20 Å². The fraction of sp³-hybridized carbons (Fsp3) is 0.429. The highest BCUT2D eigenvalue weighted by molar-refractivity contribution is 7.90. The average molecular weight is 217 g/mol. The minimum Gasteiger partial charge on any atom is -0.382 e. The molecule has 14 heavy (non-hydrogen) atoms. The molecule has 0 saturated heterocycles. The second-order valence-electron chi connectivity index (χ2n) is 2.83. The zero-order valence-corrected chi connectivity index (χ0v) is 8.92. The summed E-state index contributed by atoms with van der Waals surface area (Å²) < 4.78 is 23.6. The van der Waals surface area contributed by atoms with Crippen LogP contribution in [0, 0.1) is 0 Å². The van der Waals surface area contributed by atoms with Gasteiger partial charge in [-0.05, 0) is 0 Å². The molecule has 1 N–H and O–H groups in total. The lowest BCUT2D eigenvalue weighted by molar-refractivity contribution is 0.599. The van der Waals surface area contributed by atoms with Crippen molar-refractivity contribution in [2.45, 2.75) is 4.90 Å². The molecule has 0 aliphatic heterocycles. The molecule has 7 heteroatoms. The van der Waals surface area contributed by atoms with Crippen LogP contribution < -0.4 is 10.9 Å². The van der Waals surface area contributed by atoms with Gasteiger partial charge in [0, 0.05) is 20.4 Å². The van der Waals surface area contributed by atoms with Crippen LogP contribution in [0.2, 0.25) is 0 Å². The first kappa shape index (κ1) is 10.7. The van der Waals surface area contributed by atoms with Gasteiger partial charge in [0.25, 0.3) is 5.56 Å². The van der Waals surface area contributed by atoms with Gasteiger partial charge in [-0.3, -0.25) is 4.79 Å². The Morgan fingerprint density at radius 3 is 2.50 bits per heavy atom. The number of nitrogens with zero attached hydrogens (tertiary/aromatic N) is 2. The maximum atomic E-state index is 11.4. The number of aryl methyl sites for hydroxylation is 1. The maximum absolute atomic E-state index is 11.4. The Labute approximate surface area is 81.5 Å². The van der Waals surface area contributed by atoms with Crippen LogP contribution in [0.1, 0.15) is 0 Å². The van der Waals surface area contributed by atoms with Crippen LogP contribution >= 0.6 is 0 Å². The molecule has 1 aromatic rings. The van der Waals surface area contributed by atoms with E-state index in [1.54, 1.807) is 0 Å². The highest BCUT2D eigenvalue weighted by Crippen LogP contribution is 2.13. The molecule has 0 amide bonds. The summed E-state index contributed by atoms with van der Waals surface area (Å²) in [6.07, 6.45) is 2.19. The van der Waals surface area contributed by atoms with Crippen molar-refractivity contribution >= 4 is 15.5 Å². The van der Waals surface area contributed by atoms with E-state index in [0.29, 0.717) is 0 Å². The lowest BCUT2D eigenvalue weighted by atomic mass is 10.4. The number of nitrogens with one attached hydrogen (secondary N) is 1. The molecule has 0 radical (unpaired) electrons. The molecule has 1 heterocycles. The molecule has 78 valence electrons. The molecular weight excluding hydrogens is 206 g/mol. The Kier molecular flexibility index (Phi) is 2.61. The third-order valence-electron chi connectivity index (χ3n) is 1.75. The van der Waals surface area contributed by atoms with Gasteiger partial charge >= 0.3 is 0 Å². The van der Waals surface area contributed by atoms with Crippen LogP contribution in [0.25, 0.3) is 0 Å². The van der Waals surface area contributed by atoms with Crippen molar-refractivity contribution in [3.05, 3.63) is 16.6 Å². The van der Waals surface area contributed by atoms with Crippen LogP contribution in [0.5, 0.6) is 0 Å². The van der Waals surface area contributed by atoms with Crippen LogP contribution in [-0.2, 0) is 16.9 Å². The smallest absolute Gasteiger partial charge is 0.291 e. The second-order valence-corrected chi connectivity index (χ2v) is 4.82. The number of hydrogen-bond acceptors (Lipinski definition) is 5. The fourth-order valence-electron chi connectivity index (χ4n) is 1.03. The van der Waals surface area contributed by atoms with Crippen molar-refractivity contribution in [1.29, 1.82) is 0 Å². The number of hydrogen-bond donors (Lipinski definition) is 1. The van der Waals surface area contributed by atoms with Crippen molar-refractivity contribution in [2.75, 3.05) is 18.6 Å². The largest absolute Gasteiger partial charge is 0.382 e. The zero-order chi connectivity index (χ0) is 10.9. The van der Waals surface area contributed by atoms with Crippen molar-refractivity contribution in [2.24, 2.45) is 7.05 Å². The lowest BCUT2D eigenvalue weighted by Crippen LogP contribution is -2.24. The molecule has 1 aromatic heterocycles. The molecule has 0 aromatic carbocycles. The molecule has 1 rings (SSSR count). The third-order valence-corrected chi connectivity index (χ3v) is 2.86. The van der Waals surface area contributed by atoms with Crippen LogP contribution in [0.3, 0.4) is 0 Å². The summed E-state index contributed by atoms with van der Waals surface area (Å²) >= 11 is 0. The minimum absolute atomic E-state index is 0.0463. The van der Waals surface area contributed by atoms with Gasteiger partial charge in [-0.2, -0.15) is 5.10 Å². The van der Waals surface area contributed by atoms with Gasteiger partial charge in [0.2, 0.25) is 0 Å². The molecule has 0 unspecified atom stereocenters. The van der Waals surface area contributed by atoms with Crippen LogP contribution in [0.4, 0.5) is 5.69 Å². The monoisotopic (exact) mass is 217 g/mol. The lowest BCUT2D eigenvalue weighted by Gasteiger charge is -2.06. The van der Waals surface area contributed by atoms with E-state index in [9.17, 15) is 13.2 Å². The SMILES string of the molecule is CNc1c(S(C)(=O)=O)cnn(C)c1=O. The van der Waals surface area contributed by atoms with Crippen LogP contribution in [-0.4, -0.2) is 31.5 Å². The van der Waals surface area contributed by atoms with Gasteiger partial charge in [-0.1, -0.05) is 0 Å². The molecule has 0 spiro atoms. The van der Waals surface area contributed by atoms with E-state index in [0.717, 1.165) is 17.1 Å². The van der Waals surface area contributed by atoms with Crippen LogP contribution in [0.15, 0.2) is 15.9 Å². The highest BCUT2D eigenvalue weighted by atomic mass is 32.2. The van der Waals surface area contributed by atoms with E-state index in [-0.39, 0.29) is 10.6 Å². The fourth-order valence-corrected chi connectivity index (χ4v) is 1.83. The predicted molar refractivity (Wildman–Crippen MR) is 52.1 cm³/mol. The minimum atomic E-state index is -3.42. The van der Waals surface area contributed by atoms with E-state index < -0.39 is 15.4 Å². The molecule has 0 saturated carbocycles.